The van der Waals surface area contributed by atoms with E-state index in [1.165, 1.54) is 12.4 Å². The molecular formula is C47H45Cl2N7O6. The summed E-state index contributed by atoms with van der Waals surface area (Å²) < 4.78 is 24.7. The van der Waals surface area contributed by atoms with E-state index in [0.29, 0.717) is 76.4 Å². The fourth-order valence-corrected chi connectivity index (χ4v) is 7.05. The first-order valence-corrected chi connectivity index (χ1v) is 20.6. The predicted molar refractivity (Wildman–Crippen MR) is 234 cm³/mol. The Morgan fingerprint density at radius 1 is 0.597 bits per heavy atom. The first-order chi connectivity index (χ1) is 30.2. The number of hydrogen-bond acceptors (Lipinski definition) is 13. The zero-order valence-electron chi connectivity index (χ0n) is 34.3. The van der Waals surface area contributed by atoms with E-state index >= 15 is 0 Å². The summed E-state index contributed by atoms with van der Waals surface area (Å²) in [6.07, 6.45) is 8.16. The van der Waals surface area contributed by atoms with Crippen molar-refractivity contribution in [2.24, 2.45) is 0 Å². The van der Waals surface area contributed by atoms with Gasteiger partial charge in [-0.1, -0.05) is 59.6 Å². The van der Waals surface area contributed by atoms with Crippen LogP contribution in [0.2, 0.25) is 10.0 Å². The smallest absolute Gasteiger partial charge is 0.236 e. The van der Waals surface area contributed by atoms with Crippen LogP contribution in [-0.2, 0) is 39.4 Å². The highest BCUT2D eigenvalue weighted by Gasteiger charge is 2.18. The Morgan fingerprint density at radius 2 is 1.10 bits per heavy atom. The average molecular weight is 875 g/mol. The molecule has 0 saturated carbocycles. The van der Waals surface area contributed by atoms with Gasteiger partial charge in [0.15, 0.2) is 0 Å². The number of nitrogens with zero attached hydrogens (tertiary/aromatic N) is 6. The van der Waals surface area contributed by atoms with Crippen molar-refractivity contribution < 1.29 is 29.2 Å². The van der Waals surface area contributed by atoms with Crippen LogP contribution in [-0.4, -0.2) is 49.9 Å². The van der Waals surface area contributed by atoms with Gasteiger partial charge in [0.25, 0.3) is 0 Å². The maximum atomic E-state index is 9.35. The molecule has 0 fully saturated rings. The molecule has 0 aliphatic heterocycles. The van der Waals surface area contributed by atoms with Crippen molar-refractivity contribution in [3.63, 3.8) is 0 Å². The van der Waals surface area contributed by atoms with Crippen LogP contribution >= 0.6 is 23.2 Å². The molecule has 3 N–H and O–H groups in total. The van der Waals surface area contributed by atoms with E-state index in [0.717, 1.165) is 44.5 Å². The number of rotatable bonds is 21. The van der Waals surface area contributed by atoms with E-state index in [2.05, 4.69) is 49.5 Å². The molecule has 0 amide bonds. The summed E-state index contributed by atoms with van der Waals surface area (Å²) in [5.41, 5.74) is 9.63. The quantitative estimate of drug-likeness (QED) is 0.0587. The Balaban J connectivity index is 1.18. The molecule has 0 radical (unpaired) electrons. The Hall–Kier alpha value is -6.32. The number of hydrogen-bond donors (Lipinski definition) is 3. The van der Waals surface area contributed by atoms with Crippen molar-refractivity contribution in [3.05, 3.63) is 151 Å². The molecule has 0 saturated heterocycles. The van der Waals surface area contributed by atoms with Crippen LogP contribution in [0.1, 0.15) is 68.5 Å². The zero-order valence-corrected chi connectivity index (χ0v) is 35.8. The van der Waals surface area contributed by atoms with Crippen LogP contribution in [0, 0.1) is 36.5 Å². The van der Waals surface area contributed by atoms with Crippen LogP contribution in [0.15, 0.2) is 85.5 Å². The molecule has 0 spiro atoms. The van der Waals surface area contributed by atoms with Gasteiger partial charge in [0.1, 0.15) is 48.6 Å². The van der Waals surface area contributed by atoms with Gasteiger partial charge < -0.3 is 34.5 Å². The molecule has 0 unspecified atom stereocenters. The number of aryl methyl sites for hydroxylation is 1. The maximum Gasteiger partial charge on any atom is 0.236 e. The van der Waals surface area contributed by atoms with E-state index in [-0.39, 0.29) is 51.4 Å². The van der Waals surface area contributed by atoms with Gasteiger partial charge in [-0.3, -0.25) is 9.97 Å². The normalized spacial score (nSPS) is 10.8. The van der Waals surface area contributed by atoms with Crippen molar-refractivity contribution in [1.29, 1.82) is 10.5 Å². The van der Waals surface area contributed by atoms with Gasteiger partial charge in [-0.05, 0) is 90.8 Å². The number of unbranched alkanes of at least 4 members (excludes halogenated alkanes) is 1. The van der Waals surface area contributed by atoms with Gasteiger partial charge in [0.2, 0.25) is 23.5 Å². The van der Waals surface area contributed by atoms with Gasteiger partial charge in [0, 0.05) is 66.7 Å². The number of ether oxygens (including phenoxy) is 4. The van der Waals surface area contributed by atoms with E-state index in [1.807, 2.05) is 38.1 Å². The predicted octanol–water partition coefficient (Wildman–Crippen LogP) is 8.31. The van der Waals surface area contributed by atoms with Gasteiger partial charge >= 0.3 is 0 Å². The number of aromatic nitrogens is 4. The minimum Gasteiger partial charge on any atom is -0.472 e. The fourth-order valence-electron chi connectivity index (χ4n) is 6.59. The van der Waals surface area contributed by atoms with Gasteiger partial charge in [0.05, 0.1) is 17.7 Å². The third-order valence-corrected chi connectivity index (χ3v) is 10.5. The second-order valence-corrected chi connectivity index (χ2v) is 15.1. The number of nitriles is 2. The molecule has 4 heterocycles. The van der Waals surface area contributed by atoms with E-state index in [9.17, 15) is 20.7 Å². The van der Waals surface area contributed by atoms with Gasteiger partial charge in [-0.25, -0.2) is 0 Å². The molecular weight excluding hydrogens is 829 g/mol. The highest BCUT2D eigenvalue weighted by atomic mass is 35.5. The van der Waals surface area contributed by atoms with Crippen LogP contribution in [0.5, 0.6) is 23.5 Å². The molecule has 0 aliphatic rings. The second kappa shape index (κ2) is 22.5. The van der Waals surface area contributed by atoms with Crippen molar-refractivity contribution in [3.8, 4) is 46.8 Å². The lowest BCUT2D eigenvalue weighted by atomic mass is 9.92. The topological polar surface area (TPSA) is 189 Å². The third-order valence-electron chi connectivity index (χ3n) is 9.93. The summed E-state index contributed by atoms with van der Waals surface area (Å²) in [4.78, 5) is 17.6. The number of aliphatic hydroxyl groups excluding tert-OH is 2. The number of nitrogens with one attached hydrogen (secondary N) is 1. The number of benzene rings is 2. The number of halogens is 2. The van der Waals surface area contributed by atoms with E-state index in [1.54, 1.807) is 36.7 Å². The van der Waals surface area contributed by atoms with Crippen LogP contribution in [0.3, 0.4) is 0 Å². The highest BCUT2D eigenvalue weighted by Crippen LogP contribution is 2.35. The van der Waals surface area contributed by atoms with Crippen molar-refractivity contribution >= 4 is 23.2 Å². The highest BCUT2D eigenvalue weighted by molar-refractivity contribution is 6.32. The summed E-state index contributed by atoms with van der Waals surface area (Å²) in [5, 5.41) is 41.0. The Kier molecular flexibility index (Phi) is 16.4. The standard InChI is InChI=1S/C47H45Cl2N7O6/c1-30-37(28-61-46-42(48)17-36(7-3-4-13-57)44(55-46)59-26-34-15-32(19-50)21-53-23-34)8-5-10-40(30)41-11-6-9-38(31(41)2)29-62-47-43(49)18-39(25-52-12-14-58)45(56-47)60-27-35-16-33(20-51)22-54-24-35/h5-6,8-11,15-18,21-24,52,57-58H,3-4,7,12-14,25-29H2,1-2H3. The molecule has 4 aromatic heterocycles. The molecule has 15 heteroatoms. The summed E-state index contributed by atoms with van der Waals surface area (Å²) in [6.45, 7) is 5.47. The zero-order chi connectivity index (χ0) is 43.8. The van der Waals surface area contributed by atoms with Crippen LogP contribution < -0.4 is 24.3 Å². The van der Waals surface area contributed by atoms with Crippen LogP contribution in [0.25, 0.3) is 11.1 Å². The molecule has 0 aliphatic carbocycles. The van der Waals surface area contributed by atoms with Crippen LogP contribution in [0.4, 0.5) is 0 Å². The summed E-state index contributed by atoms with van der Waals surface area (Å²) in [6, 6.07) is 23.2. The monoisotopic (exact) mass is 873 g/mol. The molecule has 13 nitrogen and oxygen atoms in total. The van der Waals surface area contributed by atoms with Crippen molar-refractivity contribution in [2.75, 3.05) is 19.8 Å². The van der Waals surface area contributed by atoms with Gasteiger partial charge in [-0.2, -0.15) is 20.5 Å². The molecule has 6 aromatic rings. The number of pyridine rings is 4. The average Bonchev–Trinajstić information content (AvgIpc) is 3.29. The molecule has 2 aromatic carbocycles. The molecule has 318 valence electrons. The van der Waals surface area contributed by atoms with Crippen molar-refractivity contribution in [1.82, 2.24) is 25.3 Å². The Bertz CT molecular complexity index is 2400. The molecule has 0 bridgehead atoms. The summed E-state index contributed by atoms with van der Waals surface area (Å²) in [7, 11) is 0. The SMILES string of the molecule is Cc1c(COc2nc(OCc3cncc(C#N)c3)c(CCCCO)cc2Cl)cccc1-c1cccc(COc2nc(OCc3cncc(C#N)c3)c(CNCCO)cc2Cl)c1C. The molecule has 6 rings (SSSR count). The Labute approximate surface area is 370 Å². The first kappa shape index (κ1) is 45.2. The lowest BCUT2D eigenvalue weighted by Crippen LogP contribution is -2.18. The van der Waals surface area contributed by atoms with E-state index in [4.69, 9.17) is 42.1 Å². The summed E-state index contributed by atoms with van der Waals surface area (Å²) in [5.74, 6) is 1.07. The minimum atomic E-state index is -0.0337. The lowest BCUT2D eigenvalue weighted by Gasteiger charge is -2.18. The largest absolute Gasteiger partial charge is 0.472 e. The third kappa shape index (κ3) is 11.9. The molecule has 0 atom stereocenters. The fraction of sp³-hybridized carbons (Fsp3) is 0.277. The van der Waals surface area contributed by atoms with E-state index < -0.39 is 0 Å². The Morgan fingerprint density at radius 3 is 1.60 bits per heavy atom. The molecule has 62 heavy (non-hydrogen) atoms. The number of aliphatic hydroxyl groups is 2. The van der Waals surface area contributed by atoms with Crippen molar-refractivity contribution in [2.45, 2.75) is 66.1 Å². The first-order valence-electron chi connectivity index (χ1n) is 19.9. The minimum absolute atomic E-state index is 0.0337. The van der Waals surface area contributed by atoms with Gasteiger partial charge in [-0.15, -0.1) is 0 Å². The second-order valence-electron chi connectivity index (χ2n) is 14.3. The maximum absolute atomic E-state index is 9.35. The summed E-state index contributed by atoms with van der Waals surface area (Å²) >= 11 is 13.4. The lowest BCUT2D eigenvalue weighted by molar-refractivity contribution is 0.263.